The second kappa shape index (κ2) is 14.1. The summed E-state index contributed by atoms with van der Waals surface area (Å²) in [6.07, 6.45) is 20.0. The summed E-state index contributed by atoms with van der Waals surface area (Å²) in [5.74, 6) is 0. The van der Waals surface area contributed by atoms with Crippen LogP contribution in [0.2, 0.25) is 0 Å². The third-order valence-electron chi connectivity index (χ3n) is 8.13. The molecule has 0 radical (unpaired) electrons. The van der Waals surface area contributed by atoms with E-state index in [0.29, 0.717) is 0 Å². The van der Waals surface area contributed by atoms with Gasteiger partial charge in [-0.05, 0) is 37.8 Å². The lowest BCUT2D eigenvalue weighted by Gasteiger charge is -2.11. The number of aromatic nitrogens is 2. The van der Waals surface area contributed by atoms with Gasteiger partial charge in [-0.1, -0.05) is 62.8 Å². The van der Waals surface area contributed by atoms with Gasteiger partial charge in [-0.25, -0.2) is 0 Å². The first kappa shape index (κ1) is 26.5. The number of nitrogens with zero attached hydrogens (tertiary/aromatic N) is 2. The van der Waals surface area contributed by atoms with E-state index >= 15 is 0 Å². The van der Waals surface area contributed by atoms with Gasteiger partial charge < -0.3 is 10.6 Å². The SMILES string of the molecule is c1ccc2c(c1)c1cc[n+]2CCCCCCCC[n+]2ccc(c3ccccc32)NCCCCCCCCN1. The molecule has 0 unspecified atom stereocenters. The molecule has 0 saturated heterocycles. The molecule has 4 heterocycles. The lowest BCUT2D eigenvalue weighted by molar-refractivity contribution is -0.672. The van der Waals surface area contributed by atoms with Crippen LogP contribution in [0.4, 0.5) is 11.4 Å². The third-order valence-corrected chi connectivity index (χ3v) is 8.13. The van der Waals surface area contributed by atoms with Crippen LogP contribution < -0.4 is 19.8 Å². The molecule has 2 aliphatic heterocycles. The Hall–Kier alpha value is -3.14. The number of nitrogens with one attached hydrogen (secondary N) is 2. The Bertz CT molecular complexity index is 1200. The predicted octanol–water partition coefficient (Wildman–Crippen LogP) is 7.79. The molecule has 0 fully saturated rings. The van der Waals surface area contributed by atoms with E-state index in [1.54, 1.807) is 0 Å². The average molecular weight is 511 g/mol. The lowest BCUT2D eigenvalue weighted by atomic mass is 10.1. The van der Waals surface area contributed by atoms with Crippen molar-refractivity contribution in [1.29, 1.82) is 0 Å². The maximum atomic E-state index is 3.73. The molecule has 0 saturated carbocycles. The highest BCUT2D eigenvalue weighted by Crippen LogP contribution is 2.22. The van der Waals surface area contributed by atoms with Crippen molar-refractivity contribution in [3.63, 3.8) is 0 Å². The predicted molar refractivity (Wildman–Crippen MR) is 161 cm³/mol. The summed E-state index contributed by atoms with van der Waals surface area (Å²) in [7, 11) is 0. The Kier molecular flexibility index (Phi) is 9.84. The van der Waals surface area contributed by atoms with Crippen LogP contribution in [-0.4, -0.2) is 13.1 Å². The number of hydrogen-bond acceptors (Lipinski definition) is 2. The zero-order chi connectivity index (χ0) is 25.8. The monoisotopic (exact) mass is 510 g/mol. The molecule has 4 bridgehead atoms. The van der Waals surface area contributed by atoms with E-state index in [1.807, 2.05) is 0 Å². The first-order valence-corrected chi connectivity index (χ1v) is 15.2. The fourth-order valence-electron chi connectivity index (χ4n) is 5.95. The molecule has 2 aromatic carbocycles. The Balaban J connectivity index is 1.22. The summed E-state index contributed by atoms with van der Waals surface area (Å²) in [4.78, 5) is 0. The van der Waals surface area contributed by atoms with Gasteiger partial charge in [0, 0.05) is 50.2 Å². The third kappa shape index (κ3) is 7.03. The summed E-state index contributed by atoms with van der Waals surface area (Å²) >= 11 is 0. The van der Waals surface area contributed by atoms with Crippen LogP contribution in [0.3, 0.4) is 0 Å². The standard InChI is InChI=1S/C34H44N4/c1-2-6-14-24-36-32-22-28-38(34-20-12-10-18-30(32)34)26-16-8-4-3-7-15-25-37-27-21-31(35-23-13-5-1)29-17-9-11-19-33(29)37/h9-12,17-22,27-28H,1-8,13-16,23-26H2/p+2. The largest absolute Gasteiger partial charge is 0.384 e. The van der Waals surface area contributed by atoms with Gasteiger partial charge in [-0.2, -0.15) is 9.13 Å². The minimum Gasteiger partial charge on any atom is -0.384 e. The summed E-state index contributed by atoms with van der Waals surface area (Å²) < 4.78 is 4.90. The molecule has 2 aliphatic rings. The van der Waals surface area contributed by atoms with Crippen molar-refractivity contribution in [1.82, 2.24) is 0 Å². The number of benzene rings is 2. The summed E-state index contributed by atoms with van der Waals surface area (Å²) in [6, 6.07) is 22.3. The van der Waals surface area contributed by atoms with E-state index < -0.39 is 0 Å². The number of pyridine rings is 2. The topological polar surface area (TPSA) is 31.8 Å². The van der Waals surface area contributed by atoms with Crippen LogP contribution in [0.15, 0.2) is 73.1 Å². The first-order valence-electron chi connectivity index (χ1n) is 15.2. The van der Waals surface area contributed by atoms with E-state index in [0.717, 1.165) is 26.2 Å². The second-order valence-electron chi connectivity index (χ2n) is 11.0. The van der Waals surface area contributed by atoms with Gasteiger partial charge in [-0.3, -0.25) is 0 Å². The fraction of sp³-hybridized carbons (Fsp3) is 0.471. The molecule has 200 valence electrons. The quantitative estimate of drug-likeness (QED) is 0.237. The van der Waals surface area contributed by atoms with Crippen LogP contribution in [0.5, 0.6) is 0 Å². The van der Waals surface area contributed by atoms with Gasteiger partial charge in [-0.15, -0.1) is 0 Å². The second-order valence-corrected chi connectivity index (χ2v) is 11.0. The molecule has 0 amide bonds. The highest BCUT2D eigenvalue weighted by Gasteiger charge is 2.13. The molecule has 4 nitrogen and oxygen atoms in total. The number of hydrogen-bond donors (Lipinski definition) is 2. The van der Waals surface area contributed by atoms with Crippen molar-refractivity contribution >= 4 is 33.2 Å². The Morgan fingerprint density at radius 1 is 0.421 bits per heavy atom. The van der Waals surface area contributed by atoms with Gasteiger partial charge in [0.15, 0.2) is 12.4 Å². The van der Waals surface area contributed by atoms with Gasteiger partial charge in [0.2, 0.25) is 11.0 Å². The maximum absolute atomic E-state index is 3.73. The van der Waals surface area contributed by atoms with Crippen LogP contribution in [0.1, 0.15) is 77.0 Å². The van der Waals surface area contributed by atoms with Crippen LogP contribution in [0.25, 0.3) is 21.8 Å². The molecule has 0 atom stereocenters. The minimum absolute atomic E-state index is 1.05. The molecule has 2 N–H and O–H groups in total. The van der Waals surface area contributed by atoms with Crippen molar-refractivity contribution in [2.24, 2.45) is 0 Å². The number of fused-ring (bicyclic) bond motifs is 18. The Morgan fingerprint density at radius 2 is 0.816 bits per heavy atom. The van der Waals surface area contributed by atoms with E-state index in [2.05, 4.69) is 92.8 Å². The zero-order valence-corrected chi connectivity index (χ0v) is 23.1. The van der Waals surface area contributed by atoms with E-state index in [1.165, 1.54) is 110 Å². The highest BCUT2D eigenvalue weighted by molar-refractivity contribution is 5.89. The molecule has 38 heavy (non-hydrogen) atoms. The van der Waals surface area contributed by atoms with Gasteiger partial charge in [0.1, 0.15) is 13.1 Å². The van der Waals surface area contributed by atoms with Gasteiger partial charge >= 0.3 is 0 Å². The van der Waals surface area contributed by atoms with Crippen LogP contribution >= 0.6 is 0 Å². The summed E-state index contributed by atoms with van der Waals surface area (Å²) in [5.41, 5.74) is 5.26. The van der Waals surface area contributed by atoms with Gasteiger partial charge in [0.25, 0.3) is 0 Å². The molecule has 0 spiro atoms. The van der Waals surface area contributed by atoms with Crippen LogP contribution in [-0.2, 0) is 13.1 Å². The molecular formula is C34H46N4+2. The lowest BCUT2D eigenvalue weighted by Crippen LogP contribution is -2.34. The molecule has 4 heteroatoms. The number of para-hydroxylation sites is 2. The van der Waals surface area contributed by atoms with Crippen LogP contribution in [0, 0.1) is 0 Å². The molecular weight excluding hydrogens is 464 g/mol. The first-order chi connectivity index (χ1) is 18.9. The summed E-state index contributed by atoms with van der Waals surface area (Å²) in [6.45, 7) is 4.30. The van der Waals surface area contributed by atoms with Crippen molar-refractivity contribution in [3.8, 4) is 0 Å². The van der Waals surface area contributed by atoms with E-state index in [-0.39, 0.29) is 0 Å². The minimum atomic E-state index is 1.05. The molecule has 4 aromatic rings. The van der Waals surface area contributed by atoms with E-state index in [4.69, 9.17) is 0 Å². The number of rotatable bonds is 0. The molecule has 6 rings (SSSR count). The maximum Gasteiger partial charge on any atom is 0.214 e. The van der Waals surface area contributed by atoms with Gasteiger partial charge in [0.05, 0.1) is 22.1 Å². The fourth-order valence-corrected chi connectivity index (χ4v) is 5.95. The Morgan fingerprint density at radius 3 is 1.29 bits per heavy atom. The average Bonchev–Trinajstić information content (AvgIpc) is 2.96. The van der Waals surface area contributed by atoms with E-state index in [9.17, 15) is 0 Å². The zero-order valence-electron chi connectivity index (χ0n) is 23.1. The van der Waals surface area contributed by atoms with Crippen molar-refractivity contribution in [3.05, 3.63) is 73.1 Å². The summed E-state index contributed by atoms with van der Waals surface area (Å²) in [5, 5.41) is 10.2. The number of aryl methyl sites for hydroxylation is 2. The highest BCUT2D eigenvalue weighted by atomic mass is 15.0. The Labute approximate surface area is 229 Å². The molecule has 0 aliphatic carbocycles. The van der Waals surface area contributed by atoms with Crippen molar-refractivity contribution in [2.45, 2.75) is 90.1 Å². The number of anilines is 2. The van der Waals surface area contributed by atoms with Crippen molar-refractivity contribution in [2.75, 3.05) is 23.7 Å². The van der Waals surface area contributed by atoms with Crippen molar-refractivity contribution < 1.29 is 9.13 Å². The molecule has 2 aromatic heterocycles. The smallest absolute Gasteiger partial charge is 0.214 e. The normalized spacial score (nSPS) is 17.3.